The summed E-state index contributed by atoms with van der Waals surface area (Å²) in [5.41, 5.74) is 1.18. The van der Waals surface area contributed by atoms with E-state index in [-0.39, 0.29) is 17.7 Å². The Kier molecular flexibility index (Phi) is 5.84. The zero-order chi connectivity index (χ0) is 18.4. The molecular formula is C18H18N2O5. The fourth-order valence-corrected chi connectivity index (χ4v) is 2.42. The molecular weight excluding hydrogens is 324 g/mol. The van der Waals surface area contributed by atoms with Crippen molar-refractivity contribution < 1.29 is 19.6 Å². The number of carbonyl (C=O) groups excluding carboxylic acids is 1. The van der Waals surface area contributed by atoms with E-state index in [2.05, 4.69) is 5.32 Å². The molecule has 1 atom stereocenters. The van der Waals surface area contributed by atoms with Gasteiger partial charge >= 0.3 is 5.97 Å². The molecule has 0 radical (unpaired) electrons. The van der Waals surface area contributed by atoms with Gasteiger partial charge in [-0.2, -0.15) is 0 Å². The van der Waals surface area contributed by atoms with E-state index in [0.29, 0.717) is 12.2 Å². The predicted octanol–water partition coefficient (Wildman–Crippen LogP) is 3.50. The molecule has 130 valence electrons. The number of carboxylic acid groups (broad SMARTS) is 1. The Morgan fingerprint density at radius 3 is 2.48 bits per heavy atom. The van der Waals surface area contributed by atoms with Crippen LogP contribution in [0.25, 0.3) is 0 Å². The van der Waals surface area contributed by atoms with Gasteiger partial charge in [0.15, 0.2) is 5.78 Å². The molecule has 7 heteroatoms. The van der Waals surface area contributed by atoms with Crippen LogP contribution in [0.15, 0.2) is 48.5 Å². The molecule has 0 spiro atoms. The first-order chi connectivity index (χ1) is 11.9. The zero-order valence-electron chi connectivity index (χ0n) is 13.6. The van der Waals surface area contributed by atoms with Crippen molar-refractivity contribution in [2.75, 3.05) is 5.32 Å². The van der Waals surface area contributed by atoms with Crippen molar-refractivity contribution in [3.05, 3.63) is 69.8 Å². The molecule has 7 nitrogen and oxygen atoms in total. The van der Waals surface area contributed by atoms with Crippen LogP contribution < -0.4 is 5.32 Å². The van der Waals surface area contributed by atoms with E-state index in [1.54, 1.807) is 0 Å². The maximum Gasteiger partial charge on any atom is 0.304 e. The molecule has 0 bridgehead atoms. The number of nitro benzene ring substituents is 1. The first-order valence-corrected chi connectivity index (χ1v) is 7.70. The van der Waals surface area contributed by atoms with Crippen molar-refractivity contribution >= 4 is 23.1 Å². The molecule has 0 aliphatic carbocycles. The van der Waals surface area contributed by atoms with Crippen molar-refractivity contribution in [3.8, 4) is 0 Å². The molecule has 0 aliphatic heterocycles. The molecule has 0 fully saturated rings. The van der Waals surface area contributed by atoms with Crippen LogP contribution >= 0.6 is 0 Å². The quantitative estimate of drug-likeness (QED) is 0.432. The Hall–Kier alpha value is -3.22. The largest absolute Gasteiger partial charge is 0.481 e. The fraction of sp³-hybridized carbons (Fsp3) is 0.222. The molecule has 0 unspecified atom stereocenters. The monoisotopic (exact) mass is 342 g/mol. The number of carbonyl (C=O) groups is 2. The van der Waals surface area contributed by atoms with Gasteiger partial charge < -0.3 is 10.4 Å². The third kappa shape index (κ3) is 4.87. The summed E-state index contributed by atoms with van der Waals surface area (Å²) in [7, 11) is 0. The number of hydrogen-bond donors (Lipinski definition) is 2. The minimum Gasteiger partial charge on any atom is -0.481 e. The first-order valence-electron chi connectivity index (χ1n) is 7.70. The number of Topliss-reactive ketones (excluding diaryl/α,β-unsaturated/α-hetero) is 1. The predicted molar refractivity (Wildman–Crippen MR) is 92.6 cm³/mol. The Bertz CT molecular complexity index is 789. The lowest BCUT2D eigenvalue weighted by Crippen LogP contribution is -2.16. The average molecular weight is 342 g/mol. The minimum absolute atomic E-state index is 0.130. The summed E-state index contributed by atoms with van der Waals surface area (Å²) in [4.78, 5) is 33.7. The van der Waals surface area contributed by atoms with Gasteiger partial charge in [0, 0.05) is 24.1 Å². The molecule has 2 rings (SSSR count). The second-order valence-electron chi connectivity index (χ2n) is 5.69. The van der Waals surface area contributed by atoms with Gasteiger partial charge in [0.25, 0.3) is 5.69 Å². The summed E-state index contributed by atoms with van der Waals surface area (Å²) in [5, 5.41) is 23.1. The number of aliphatic carboxylic acids is 1. The lowest BCUT2D eigenvalue weighted by Gasteiger charge is -2.11. The number of hydrogen-bond acceptors (Lipinski definition) is 5. The van der Waals surface area contributed by atoms with Gasteiger partial charge in [-0.1, -0.05) is 37.3 Å². The van der Waals surface area contributed by atoms with Gasteiger partial charge in [0.2, 0.25) is 0 Å². The molecule has 0 aromatic heterocycles. The van der Waals surface area contributed by atoms with Crippen molar-refractivity contribution in [2.45, 2.75) is 19.9 Å². The molecule has 2 aromatic rings. The van der Waals surface area contributed by atoms with Crippen LogP contribution in [0.3, 0.4) is 0 Å². The van der Waals surface area contributed by atoms with Crippen molar-refractivity contribution in [2.24, 2.45) is 5.92 Å². The number of ketones is 1. The maximum atomic E-state index is 12.2. The van der Waals surface area contributed by atoms with Crippen LogP contribution in [-0.2, 0) is 11.3 Å². The van der Waals surface area contributed by atoms with Crippen molar-refractivity contribution in [1.29, 1.82) is 0 Å². The summed E-state index contributed by atoms with van der Waals surface area (Å²) in [6.45, 7) is 1.90. The lowest BCUT2D eigenvalue weighted by atomic mass is 9.96. The highest BCUT2D eigenvalue weighted by Crippen LogP contribution is 2.27. The molecule has 0 saturated heterocycles. The molecule has 0 saturated carbocycles. The van der Waals surface area contributed by atoms with E-state index in [9.17, 15) is 19.7 Å². The highest BCUT2D eigenvalue weighted by Gasteiger charge is 2.22. The summed E-state index contributed by atoms with van der Waals surface area (Å²) < 4.78 is 0. The topological polar surface area (TPSA) is 110 Å². The average Bonchev–Trinajstić information content (AvgIpc) is 2.59. The SMILES string of the molecule is C[C@H](CC(=O)O)C(=O)c1ccc(NCc2ccccc2)c([N+](=O)[O-])c1. The van der Waals surface area contributed by atoms with Gasteiger partial charge in [-0.05, 0) is 17.7 Å². The summed E-state index contributed by atoms with van der Waals surface area (Å²) in [5.74, 6) is -2.27. The summed E-state index contributed by atoms with van der Waals surface area (Å²) in [6, 6.07) is 13.5. The Morgan fingerprint density at radius 1 is 1.20 bits per heavy atom. The van der Waals surface area contributed by atoms with E-state index in [1.165, 1.54) is 25.1 Å². The van der Waals surface area contributed by atoms with Crippen LogP contribution in [-0.4, -0.2) is 21.8 Å². The normalized spacial score (nSPS) is 11.6. The van der Waals surface area contributed by atoms with Gasteiger partial charge in [-0.3, -0.25) is 19.7 Å². The first kappa shape index (κ1) is 18.1. The summed E-state index contributed by atoms with van der Waals surface area (Å²) in [6.07, 6.45) is -0.319. The fourth-order valence-electron chi connectivity index (χ4n) is 2.42. The second-order valence-corrected chi connectivity index (χ2v) is 5.69. The maximum absolute atomic E-state index is 12.2. The number of anilines is 1. The number of rotatable bonds is 8. The van der Waals surface area contributed by atoms with E-state index in [4.69, 9.17) is 5.11 Å². The number of nitro groups is 1. The van der Waals surface area contributed by atoms with E-state index < -0.39 is 22.6 Å². The van der Waals surface area contributed by atoms with Crippen LogP contribution in [0, 0.1) is 16.0 Å². The molecule has 2 N–H and O–H groups in total. The molecule has 0 amide bonds. The van der Waals surface area contributed by atoms with Crippen molar-refractivity contribution in [3.63, 3.8) is 0 Å². The Balaban J connectivity index is 2.21. The summed E-state index contributed by atoms with van der Waals surface area (Å²) >= 11 is 0. The Labute approximate surface area is 144 Å². The highest BCUT2D eigenvalue weighted by atomic mass is 16.6. The standard InChI is InChI=1S/C18H18N2O5/c1-12(9-17(21)22)18(23)14-7-8-15(16(10-14)20(24)25)19-11-13-5-3-2-4-6-13/h2-8,10,12,19H,9,11H2,1H3,(H,21,22)/t12-/m1/s1. The lowest BCUT2D eigenvalue weighted by molar-refractivity contribution is -0.384. The van der Waals surface area contributed by atoms with Gasteiger partial charge in [-0.15, -0.1) is 0 Å². The smallest absolute Gasteiger partial charge is 0.304 e. The third-order valence-corrected chi connectivity index (χ3v) is 3.73. The molecule has 2 aromatic carbocycles. The van der Waals surface area contributed by atoms with E-state index in [1.807, 2.05) is 30.3 Å². The van der Waals surface area contributed by atoms with E-state index >= 15 is 0 Å². The second kappa shape index (κ2) is 8.05. The third-order valence-electron chi connectivity index (χ3n) is 3.73. The van der Waals surface area contributed by atoms with E-state index in [0.717, 1.165) is 5.56 Å². The van der Waals surface area contributed by atoms with Crippen LogP contribution in [0.2, 0.25) is 0 Å². The number of nitrogens with one attached hydrogen (secondary N) is 1. The molecule has 0 heterocycles. The van der Waals surface area contributed by atoms with Gasteiger partial charge in [0.1, 0.15) is 5.69 Å². The van der Waals surface area contributed by atoms with Gasteiger partial charge in [-0.25, -0.2) is 0 Å². The minimum atomic E-state index is -1.09. The zero-order valence-corrected chi connectivity index (χ0v) is 13.6. The Morgan fingerprint density at radius 2 is 1.88 bits per heavy atom. The number of benzene rings is 2. The van der Waals surface area contributed by atoms with Crippen LogP contribution in [0.4, 0.5) is 11.4 Å². The molecule has 25 heavy (non-hydrogen) atoms. The molecule has 0 aliphatic rings. The number of nitrogens with zero attached hydrogens (tertiary/aromatic N) is 1. The van der Waals surface area contributed by atoms with Crippen LogP contribution in [0.1, 0.15) is 29.3 Å². The van der Waals surface area contributed by atoms with Crippen LogP contribution in [0.5, 0.6) is 0 Å². The number of carboxylic acids is 1. The highest BCUT2D eigenvalue weighted by molar-refractivity contribution is 6.00. The van der Waals surface area contributed by atoms with Crippen molar-refractivity contribution in [1.82, 2.24) is 0 Å². The van der Waals surface area contributed by atoms with Gasteiger partial charge in [0.05, 0.1) is 11.3 Å².